The van der Waals surface area contributed by atoms with Crippen molar-refractivity contribution in [2.75, 3.05) is 26.3 Å². The third kappa shape index (κ3) is 3.99. The molecule has 0 unspecified atom stereocenters. The number of aliphatic hydroxyl groups excluding tert-OH is 1. The van der Waals surface area contributed by atoms with Crippen molar-refractivity contribution in [2.24, 2.45) is 0 Å². The predicted octanol–water partition coefficient (Wildman–Crippen LogP) is 1.37. The summed E-state index contributed by atoms with van der Waals surface area (Å²) >= 11 is 0. The summed E-state index contributed by atoms with van der Waals surface area (Å²) in [5, 5.41) is 9.01. The average molecular weight is 305 g/mol. The van der Waals surface area contributed by atoms with E-state index in [1.54, 1.807) is 6.92 Å². The lowest BCUT2D eigenvalue weighted by atomic mass is 10.2. The summed E-state index contributed by atoms with van der Waals surface area (Å²) in [6.07, 6.45) is 0. The molecule has 1 rings (SSSR count). The first kappa shape index (κ1) is 17.0. The topological polar surface area (TPSA) is 66.8 Å². The quantitative estimate of drug-likeness (QED) is 0.737. The van der Waals surface area contributed by atoms with Gasteiger partial charge in [-0.25, -0.2) is 12.8 Å². The normalized spacial score (nSPS) is 12.1. The fraction of sp³-hybridized carbons (Fsp3) is 0.538. The zero-order chi connectivity index (χ0) is 15.2. The molecule has 0 aromatic heterocycles. The Hall–Kier alpha value is -1.02. The first-order valence-electron chi connectivity index (χ1n) is 6.44. The molecule has 1 aromatic carbocycles. The summed E-state index contributed by atoms with van der Waals surface area (Å²) in [5.41, 5.74) is -0.0352. The number of benzene rings is 1. The van der Waals surface area contributed by atoms with Gasteiger partial charge in [0.25, 0.3) is 0 Å². The van der Waals surface area contributed by atoms with E-state index in [4.69, 9.17) is 9.84 Å². The van der Waals surface area contributed by atoms with Crippen molar-refractivity contribution in [3.05, 3.63) is 29.6 Å². The minimum atomic E-state index is -3.71. The van der Waals surface area contributed by atoms with E-state index >= 15 is 0 Å². The second-order valence-corrected chi connectivity index (χ2v) is 6.04. The van der Waals surface area contributed by atoms with Crippen LogP contribution >= 0.6 is 0 Å². The fourth-order valence-electron chi connectivity index (χ4n) is 1.74. The Morgan fingerprint density at radius 2 is 2.05 bits per heavy atom. The van der Waals surface area contributed by atoms with Crippen LogP contribution in [0.2, 0.25) is 0 Å². The number of hydrogen-bond donors (Lipinski definition) is 1. The Kier molecular flexibility index (Phi) is 6.54. The van der Waals surface area contributed by atoms with Gasteiger partial charge in [-0.2, -0.15) is 4.31 Å². The molecule has 0 bridgehead atoms. The van der Waals surface area contributed by atoms with Crippen molar-refractivity contribution in [1.29, 1.82) is 0 Å². The van der Waals surface area contributed by atoms with Crippen molar-refractivity contribution in [1.82, 2.24) is 4.31 Å². The number of aliphatic hydroxyl groups is 1. The Bertz CT molecular complexity index is 533. The smallest absolute Gasteiger partial charge is 0.243 e. The molecule has 0 saturated heterocycles. The van der Waals surface area contributed by atoms with Crippen LogP contribution in [0.4, 0.5) is 4.39 Å². The second kappa shape index (κ2) is 7.68. The molecule has 0 aliphatic heterocycles. The average Bonchev–Trinajstić information content (AvgIpc) is 2.43. The number of rotatable bonds is 8. The number of sulfonamides is 1. The van der Waals surface area contributed by atoms with Crippen LogP contribution in [0.5, 0.6) is 0 Å². The molecule has 0 aliphatic rings. The maximum Gasteiger partial charge on any atom is 0.243 e. The monoisotopic (exact) mass is 305 g/mol. The third-order valence-corrected chi connectivity index (χ3v) is 4.84. The largest absolute Gasteiger partial charge is 0.392 e. The van der Waals surface area contributed by atoms with Crippen LogP contribution in [0.3, 0.4) is 0 Å². The zero-order valence-electron chi connectivity index (χ0n) is 11.7. The van der Waals surface area contributed by atoms with Crippen LogP contribution in [0.1, 0.15) is 19.4 Å². The number of ether oxygens (including phenoxy) is 1. The second-order valence-electron chi connectivity index (χ2n) is 4.10. The summed E-state index contributed by atoms with van der Waals surface area (Å²) < 4.78 is 44.5. The van der Waals surface area contributed by atoms with E-state index in [1.165, 1.54) is 10.4 Å². The van der Waals surface area contributed by atoms with Gasteiger partial charge in [0.1, 0.15) is 5.82 Å². The number of likely N-dealkylation sites (N-methyl/N-ethyl adjacent to an activating group) is 1. The highest BCUT2D eigenvalue weighted by atomic mass is 32.2. The van der Waals surface area contributed by atoms with E-state index < -0.39 is 22.4 Å². The van der Waals surface area contributed by atoms with Crippen molar-refractivity contribution in [3.8, 4) is 0 Å². The van der Waals surface area contributed by atoms with E-state index in [-0.39, 0.29) is 17.0 Å². The van der Waals surface area contributed by atoms with Crippen LogP contribution in [-0.4, -0.2) is 44.1 Å². The molecule has 0 heterocycles. The lowest BCUT2D eigenvalue weighted by Gasteiger charge is -2.20. The maximum absolute atomic E-state index is 13.3. The Labute approximate surface area is 119 Å². The van der Waals surface area contributed by atoms with E-state index in [0.29, 0.717) is 19.8 Å². The molecule has 1 N–H and O–H groups in total. The van der Waals surface area contributed by atoms with E-state index in [2.05, 4.69) is 0 Å². The number of hydrogen-bond acceptors (Lipinski definition) is 4. The van der Waals surface area contributed by atoms with Gasteiger partial charge in [-0.05, 0) is 25.1 Å². The first-order chi connectivity index (χ1) is 9.47. The summed E-state index contributed by atoms with van der Waals surface area (Å²) in [4.78, 5) is -0.0266. The van der Waals surface area contributed by atoms with E-state index in [9.17, 15) is 12.8 Å². The molecule has 0 amide bonds. The maximum atomic E-state index is 13.3. The SMILES string of the molecule is CCOCCN(CC)S(=O)(=O)c1ccc(F)c(CO)c1. The minimum absolute atomic E-state index is 0.0266. The molecule has 114 valence electrons. The van der Waals surface area contributed by atoms with Gasteiger partial charge >= 0.3 is 0 Å². The van der Waals surface area contributed by atoms with Gasteiger partial charge in [0.05, 0.1) is 18.1 Å². The van der Waals surface area contributed by atoms with Gasteiger partial charge in [-0.1, -0.05) is 6.92 Å². The Balaban J connectivity index is 3.01. The molecular weight excluding hydrogens is 285 g/mol. The van der Waals surface area contributed by atoms with Crippen LogP contribution in [0, 0.1) is 5.82 Å². The summed E-state index contributed by atoms with van der Waals surface area (Å²) in [6, 6.07) is 3.41. The molecule has 0 radical (unpaired) electrons. The molecular formula is C13H20FNO4S. The molecule has 1 aromatic rings. The van der Waals surface area contributed by atoms with Crippen molar-refractivity contribution in [2.45, 2.75) is 25.3 Å². The van der Waals surface area contributed by atoms with Crippen molar-refractivity contribution < 1.29 is 22.7 Å². The molecule has 0 atom stereocenters. The van der Waals surface area contributed by atoms with Gasteiger partial charge in [0.2, 0.25) is 10.0 Å². The van der Waals surface area contributed by atoms with Gasteiger partial charge < -0.3 is 9.84 Å². The molecule has 7 heteroatoms. The minimum Gasteiger partial charge on any atom is -0.392 e. The lowest BCUT2D eigenvalue weighted by molar-refractivity contribution is 0.135. The molecule has 0 saturated carbocycles. The highest BCUT2D eigenvalue weighted by Crippen LogP contribution is 2.19. The number of halogens is 1. The van der Waals surface area contributed by atoms with Gasteiger partial charge in [-0.3, -0.25) is 0 Å². The van der Waals surface area contributed by atoms with Crippen molar-refractivity contribution in [3.63, 3.8) is 0 Å². The van der Waals surface area contributed by atoms with Crippen LogP contribution in [0.15, 0.2) is 23.1 Å². The molecule has 0 aliphatic carbocycles. The molecule has 0 fully saturated rings. The standard InChI is InChI=1S/C13H20FNO4S/c1-3-15(7-8-19-4-2)20(17,18)12-5-6-13(14)11(9-12)10-16/h5-6,9,16H,3-4,7-8,10H2,1-2H3. The first-order valence-corrected chi connectivity index (χ1v) is 7.88. The number of nitrogens with zero attached hydrogens (tertiary/aromatic N) is 1. The predicted molar refractivity (Wildman–Crippen MR) is 73.2 cm³/mol. The molecule has 0 spiro atoms. The van der Waals surface area contributed by atoms with Crippen molar-refractivity contribution >= 4 is 10.0 Å². The van der Waals surface area contributed by atoms with Crippen LogP contribution in [-0.2, 0) is 21.4 Å². The molecule has 20 heavy (non-hydrogen) atoms. The lowest BCUT2D eigenvalue weighted by Crippen LogP contribution is -2.34. The Morgan fingerprint density at radius 1 is 1.35 bits per heavy atom. The van der Waals surface area contributed by atoms with Crippen LogP contribution in [0.25, 0.3) is 0 Å². The zero-order valence-corrected chi connectivity index (χ0v) is 12.5. The third-order valence-electron chi connectivity index (χ3n) is 2.87. The van der Waals surface area contributed by atoms with E-state index in [1.807, 2.05) is 6.92 Å². The fourth-order valence-corrected chi connectivity index (χ4v) is 3.22. The van der Waals surface area contributed by atoms with Crippen LogP contribution < -0.4 is 0 Å². The summed E-state index contributed by atoms with van der Waals surface area (Å²) in [6.45, 7) is 4.36. The van der Waals surface area contributed by atoms with E-state index in [0.717, 1.165) is 12.1 Å². The summed E-state index contributed by atoms with van der Waals surface area (Å²) in [7, 11) is -3.71. The highest BCUT2D eigenvalue weighted by Gasteiger charge is 2.23. The van der Waals surface area contributed by atoms with Gasteiger partial charge in [0.15, 0.2) is 0 Å². The highest BCUT2D eigenvalue weighted by molar-refractivity contribution is 7.89. The molecule has 5 nitrogen and oxygen atoms in total. The van der Waals surface area contributed by atoms with Gasteiger partial charge in [-0.15, -0.1) is 0 Å². The summed E-state index contributed by atoms with van der Waals surface area (Å²) in [5.74, 6) is -0.621. The van der Waals surface area contributed by atoms with Gasteiger partial charge in [0, 0.05) is 25.3 Å². The Morgan fingerprint density at radius 3 is 2.60 bits per heavy atom.